The number of methoxy groups -OCH3 is 1. The fourth-order valence-electron chi connectivity index (χ4n) is 2.54. The van der Waals surface area contributed by atoms with Crippen LogP contribution in [-0.4, -0.2) is 32.8 Å². The first-order valence-electron chi connectivity index (χ1n) is 8.59. The van der Waals surface area contributed by atoms with Gasteiger partial charge in [0.2, 0.25) is 5.89 Å². The largest absolute Gasteiger partial charge is 0.468 e. The zero-order chi connectivity index (χ0) is 19.4. The zero-order valence-corrected chi connectivity index (χ0v) is 16.2. The summed E-state index contributed by atoms with van der Waals surface area (Å²) >= 11 is 1.28. The van der Waals surface area contributed by atoms with Crippen LogP contribution >= 0.6 is 11.8 Å². The van der Waals surface area contributed by atoms with E-state index in [0.29, 0.717) is 27.8 Å². The molecule has 0 unspecified atom stereocenters. The maximum absolute atomic E-state index is 12.9. The van der Waals surface area contributed by atoms with Gasteiger partial charge < -0.3 is 9.26 Å². The lowest BCUT2D eigenvalue weighted by Crippen LogP contribution is -2.27. The number of ether oxygens (including phenoxy) is 1. The lowest BCUT2D eigenvalue weighted by atomic mass is 10.2. The van der Waals surface area contributed by atoms with Gasteiger partial charge in [0.1, 0.15) is 6.54 Å². The molecule has 0 N–H and O–H groups in total. The highest BCUT2D eigenvalue weighted by Gasteiger charge is 2.21. The van der Waals surface area contributed by atoms with Crippen molar-refractivity contribution in [1.29, 1.82) is 0 Å². The van der Waals surface area contributed by atoms with Crippen LogP contribution < -0.4 is 5.56 Å². The molecule has 0 bridgehead atoms. The number of hydrogen-bond donors (Lipinski definition) is 0. The van der Waals surface area contributed by atoms with Crippen molar-refractivity contribution >= 4 is 28.6 Å². The average Bonchev–Trinajstić information content (AvgIpc) is 3.14. The van der Waals surface area contributed by atoms with Gasteiger partial charge in [0, 0.05) is 6.42 Å². The van der Waals surface area contributed by atoms with Crippen molar-refractivity contribution in [3.05, 3.63) is 46.3 Å². The number of carbonyl (C=O) groups is 1. The molecule has 0 radical (unpaired) electrons. The van der Waals surface area contributed by atoms with Crippen LogP contribution in [0, 0.1) is 0 Å². The van der Waals surface area contributed by atoms with E-state index in [1.165, 1.54) is 23.4 Å². The van der Waals surface area contributed by atoms with E-state index in [1.807, 2.05) is 19.9 Å². The van der Waals surface area contributed by atoms with Crippen LogP contribution in [0.3, 0.4) is 0 Å². The van der Waals surface area contributed by atoms with E-state index >= 15 is 0 Å². The van der Waals surface area contributed by atoms with Crippen molar-refractivity contribution in [1.82, 2.24) is 19.7 Å². The molecule has 3 aromatic rings. The maximum Gasteiger partial charge on any atom is 0.325 e. The summed E-state index contributed by atoms with van der Waals surface area (Å²) in [6.45, 7) is 3.71. The predicted molar refractivity (Wildman–Crippen MR) is 101 cm³/mol. The van der Waals surface area contributed by atoms with Crippen molar-refractivity contribution in [2.75, 3.05) is 7.11 Å². The number of rotatable bonds is 7. The summed E-state index contributed by atoms with van der Waals surface area (Å²) in [5, 5.41) is 4.56. The summed E-state index contributed by atoms with van der Waals surface area (Å²) in [5.74, 6) is 0.584. The molecule has 0 fully saturated rings. The highest BCUT2D eigenvalue weighted by Crippen LogP contribution is 2.33. The monoisotopic (exact) mass is 388 g/mol. The third-order valence-electron chi connectivity index (χ3n) is 3.93. The summed E-state index contributed by atoms with van der Waals surface area (Å²) in [4.78, 5) is 33.6. The zero-order valence-electron chi connectivity index (χ0n) is 15.3. The molecule has 27 heavy (non-hydrogen) atoms. The minimum atomic E-state index is -0.522. The van der Waals surface area contributed by atoms with Crippen LogP contribution in [0.25, 0.3) is 10.9 Å². The van der Waals surface area contributed by atoms with Gasteiger partial charge in [-0.3, -0.25) is 14.2 Å². The predicted octanol–water partition coefficient (Wildman–Crippen LogP) is 2.76. The number of fused-ring (bicyclic) bond motifs is 1. The van der Waals surface area contributed by atoms with Crippen molar-refractivity contribution in [3.63, 3.8) is 0 Å². The Labute approximate surface area is 159 Å². The van der Waals surface area contributed by atoms with E-state index < -0.39 is 5.97 Å². The van der Waals surface area contributed by atoms with Gasteiger partial charge in [0.25, 0.3) is 5.56 Å². The Bertz CT molecular complexity index is 1010. The summed E-state index contributed by atoms with van der Waals surface area (Å²) < 4.78 is 11.4. The van der Waals surface area contributed by atoms with Gasteiger partial charge in [0.05, 0.1) is 23.3 Å². The number of carbonyl (C=O) groups excluding carboxylic acids is 1. The minimum Gasteiger partial charge on any atom is -0.468 e. The molecule has 0 aliphatic carbocycles. The molecule has 1 atom stereocenters. The van der Waals surface area contributed by atoms with Crippen molar-refractivity contribution in [2.24, 2.45) is 0 Å². The van der Waals surface area contributed by atoms with Crippen LogP contribution in [0.4, 0.5) is 0 Å². The number of esters is 1. The lowest BCUT2D eigenvalue weighted by Gasteiger charge is -2.13. The van der Waals surface area contributed by atoms with E-state index in [9.17, 15) is 9.59 Å². The Morgan fingerprint density at radius 3 is 2.85 bits per heavy atom. The van der Waals surface area contributed by atoms with Gasteiger partial charge in [-0.05, 0) is 25.5 Å². The maximum atomic E-state index is 12.9. The Morgan fingerprint density at radius 2 is 2.11 bits per heavy atom. The normalized spacial score (nSPS) is 12.3. The molecule has 2 heterocycles. The standard InChI is InChI=1S/C18H20N4O4S/c1-4-7-14-20-16(26-21-14)11(2)27-18-19-13-9-6-5-8-12(13)17(24)22(18)10-15(23)25-3/h5-6,8-9,11H,4,7,10H2,1-3H3/t11-/m1/s1. The van der Waals surface area contributed by atoms with Gasteiger partial charge in [-0.25, -0.2) is 4.98 Å². The summed E-state index contributed by atoms with van der Waals surface area (Å²) in [6.07, 6.45) is 1.66. The topological polar surface area (TPSA) is 100 Å². The van der Waals surface area contributed by atoms with E-state index in [1.54, 1.807) is 18.2 Å². The fourth-order valence-corrected chi connectivity index (χ4v) is 3.48. The van der Waals surface area contributed by atoms with E-state index in [2.05, 4.69) is 15.1 Å². The number of para-hydroxylation sites is 1. The number of hydrogen-bond acceptors (Lipinski definition) is 8. The molecule has 2 aromatic heterocycles. The quantitative estimate of drug-likeness (QED) is 0.346. The van der Waals surface area contributed by atoms with Gasteiger partial charge >= 0.3 is 5.97 Å². The van der Waals surface area contributed by atoms with Gasteiger partial charge in [-0.15, -0.1) is 0 Å². The molecule has 8 nitrogen and oxygen atoms in total. The minimum absolute atomic E-state index is 0.215. The second-order valence-corrected chi connectivity index (χ2v) is 7.25. The molecule has 0 amide bonds. The molecule has 0 saturated carbocycles. The second-order valence-electron chi connectivity index (χ2n) is 5.94. The summed E-state index contributed by atoms with van der Waals surface area (Å²) in [5.41, 5.74) is 0.272. The second kappa shape index (κ2) is 8.34. The van der Waals surface area contributed by atoms with Crippen LogP contribution in [0.5, 0.6) is 0 Å². The molecular formula is C18H20N4O4S. The third-order valence-corrected chi connectivity index (χ3v) is 5.01. The molecular weight excluding hydrogens is 368 g/mol. The third kappa shape index (κ3) is 4.19. The van der Waals surface area contributed by atoms with Gasteiger partial charge in [-0.2, -0.15) is 4.98 Å². The number of benzene rings is 1. The Hall–Kier alpha value is -2.68. The summed E-state index contributed by atoms with van der Waals surface area (Å²) in [7, 11) is 1.28. The lowest BCUT2D eigenvalue weighted by molar-refractivity contribution is -0.141. The number of nitrogens with zero attached hydrogens (tertiary/aromatic N) is 4. The number of thioether (sulfide) groups is 1. The molecule has 1 aromatic carbocycles. The summed E-state index contributed by atoms with van der Waals surface area (Å²) in [6, 6.07) is 7.02. The molecule has 3 rings (SSSR count). The molecule has 0 aliphatic rings. The number of aryl methyl sites for hydroxylation is 1. The first-order chi connectivity index (χ1) is 13.0. The SMILES string of the molecule is CCCc1noc([C@@H](C)Sc2nc3ccccc3c(=O)n2CC(=O)OC)n1. The Kier molecular flexibility index (Phi) is 5.90. The van der Waals surface area contributed by atoms with Gasteiger partial charge in [-0.1, -0.05) is 36.0 Å². The van der Waals surface area contributed by atoms with Crippen LogP contribution in [0.1, 0.15) is 37.2 Å². The molecule has 0 spiro atoms. The number of aromatic nitrogens is 4. The van der Waals surface area contributed by atoms with E-state index in [-0.39, 0.29) is 17.4 Å². The molecule has 0 aliphatic heterocycles. The first kappa shape index (κ1) is 19.1. The van der Waals surface area contributed by atoms with Gasteiger partial charge in [0.15, 0.2) is 11.0 Å². The Morgan fingerprint density at radius 1 is 1.33 bits per heavy atom. The molecule has 142 valence electrons. The van der Waals surface area contributed by atoms with Crippen molar-refractivity contribution in [3.8, 4) is 0 Å². The first-order valence-corrected chi connectivity index (χ1v) is 9.47. The highest BCUT2D eigenvalue weighted by atomic mass is 32.2. The van der Waals surface area contributed by atoms with Crippen molar-refractivity contribution < 1.29 is 14.1 Å². The van der Waals surface area contributed by atoms with Crippen LogP contribution in [0.15, 0.2) is 38.7 Å². The van der Waals surface area contributed by atoms with Crippen molar-refractivity contribution in [2.45, 2.75) is 43.6 Å². The fraction of sp³-hybridized carbons (Fsp3) is 0.389. The highest BCUT2D eigenvalue weighted by molar-refractivity contribution is 7.99. The molecule has 0 saturated heterocycles. The van der Waals surface area contributed by atoms with Crippen LogP contribution in [-0.2, 0) is 22.5 Å². The Balaban J connectivity index is 1.99. The average molecular weight is 388 g/mol. The van der Waals surface area contributed by atoms with Crippen LogP contribution in [0.2, 0.25) is 0 Å². The smallest absolute Gasteiger partial charge is 0.325 e. The molecule has 9 heteroatoms. The van der Waals surface area contributed by atoms with E-state index in [0.717, 1.165) is 12.8 Å². The van der Waals surface area contributed by atoms with E-state index in [4.69, 9.17) is 9.26 Å².